The van der Waals surface area contributed by atoms with E-state index in [9.17, 15) is 0 Å². The van der Waals surface area contributed by atoms with Gasteiger partial charge in [-0.2, -0.15) is 5.26 Å². The van der Waals surface area contributed by atoms with Crippen LogP contribution in [0.15, 0.2) is 36.5 Å². The Kier molecular flexibility index (Phi) is 4.18. The van der Waals surface area contributed by atoms with Gasteiger partial charge in [-0.3, -0.25) is 0 Å². The fourth-order valence-corrected chi connectivity index (χ4v) is 1.70. The summed E-state index contributed by atoms with van der Waals surface area (Å²) in [7, 11) is 1.52. The second-order valence-corrected chi connectivity index (χ2v) is 4.30. The standard InChI is InChI=1S/C15H15N3O2/c1-10(17)12-5-6-18-15(8-12)20-13-4-3-11(9-16)7-14(13)19-2/h3-8,10H,17H2,1-2H3. The molecule has 0 amide bonds. The van der Waals surface area contributed by atoms with Gasteiger partial charge in [0.25, 0.3) is 0 Å². The van der Waals surface area contributed by atoms with Crippen LogP contribution >= 0.6 is 0 Å². The lowest BCUT2D eigenvalue weighted by Crippen LogP contribution is -2.05. The van der Waals surface area contributed by atoms with Crippen molar-refractivity contribution in [3.05, 3.63) is 47.7 Å². The van der Waals surface area contributed by atoms with Crippen LogP contribution in [0.2, 0.25) is 0 Å². The molecule has 0 saturated heterocycles. The first kappa shape index (κ1) is 13.8. The molecule has 0 aliphatic carbocycles. The van der Waals surface area contributed by atoms with Gasteiger partial charge < -0.3 is 15.2 Å². The Labute approximate surface area is 117 Å². The van der Waals surface area contributed by atoms with Crippen LogP contribution in [0.1, 0.15) is 24.1 Å². The highest BCUT2D eigenvalue weighted by molar-refractivity contribution is 5.48. The predicted octanol–water partition coefficient (Wildman–Crippen LogP) is 2.77. The Morgan fingerprint density at radius 2 is 2.05 bits per heavy atom. The van der Waals surface area contributed by atoms with Gasteiger partial charge in [-0.05, 0) is 30.7 Å². The number of pyridine rings is 1. The average molecular weight is 269 g/mol. The molecule has 102 valence electrons. The van der Waals surface area contributed by atoms with Gasteiger partial charge in [0.05, 0.1) is 18.7 Å². The third-order valence-electron chi connectivity index (χ3n) is 2.79. The molecule has 0 radical (unpaired) electrons. The van der Waals surface area contributed by atoms with E-state index in [1.54, 1.807) is 30.5 Å². The molecule has 0 spiro atoms. The van der Waals surface area contributed by atoms with Crippen molar-refractivity contribution in [3.63, 3.8) is 0 Å². The number of hydrogen-bond donors (Lipinski definition) is 1. The van der Waals surface area contributed by atoms with Crippen molar-refractivity contribution in [2.24, 2.45) is 5.73 Å². The van der Waals surface area contributed by atoms with E-state index >= 15 is 0 Å². The molecule has 1 heterocycles. The summed E-state index contributed by atoms with van der Waals surface area (Å²) in [4.78, 5) is 4.14. The van der Waals surface area contributed by atoms with E-state index in [0.29, 0.717) is 22.9 Å². The van der Waals surface area contributed by atoms with Gasteiger partial charge in [0, 0.05) is 24.4 Å². The van der Waals surface area contributed by atoms with E-state index in [1.807, 2.05) is 19.1 Å². The van der Waals surface area contributed by atoms with Crippen LogP contribution in [0.25, 0.3) is 0 Å². The van der Waals surface area contributed by atoms with Crippen LogP contribution in [0.3, 0.4) is 0 Å². The fraction of sp³-hybridized carbons (Fsp3) is 0.200. The van der Waals surface area contributed by atoms with Crippen molar-refractivity contribution in [1.29, 1.82) is 5.26 Å². The van der Waals surface area contributed by atoms with E-state index < -0.39 is 0 Å². The summed E-state index contributed by atoms with van der Waals surface area (Å²) < 4.78 is 10.9. The molecular weight excluding hydrogens is 254 g/mol. The minimum atomic E-state index is -0.0942. The molecule has 5 nitrogen and oxygen atoms in total. The zero-order chi connectivity index (χ0) is 14.5. The zero-order valence-electron chi connectivity index (χ0n) is 11.3. The number of aromatic nitrogens is 1. The molecule has 2 rings (SSSR count). The molecule has 0 aliphatic rings. The first-order valence-electron chi connectivity index (χ1n) is 6.11. The van der Waals surface area contributed by atoms with Crippen molar-refractivity contribution in [2.75, 3.05) is 7.11 Å². The topological polar surface area (TPSA) is 81.2 Å². The van der Waals surface area contributed by atoms with E-state index in [4.69, 9.17) is 20.5 Å². The lowest BCUT2D eigenvalue weighted by atomic mass is 10.1. The number of methoxy groups -OCH3 is 1. The van der Waals surface area contributed by atoms with Gasteiger partial charge in [-0.1, -0.05) is 0 Å². The Balaban J connectivity index is 2.30. The number of nitrogens with two attached hydrogens (primary N) is 1. The molecule has 2 N–H and O–H groups in total. The van der Waals surface area contributed by atoms with Gasteiger partial charge in [0.15, 0.2) is 11.5 Å². The predicted molar refractivity (Wildman–Crippen MR) is 74.6 cm³/mol. The molecular formula is C15H15N3O2. The summed E-state index contributed by atoms with van der Waals surface area (Å²) in [6.07, 6.45) is 1.64. The van der Waals surface area contributed by atoms with E-state index in [1.165, 1.54) is 7.11 Å². The number of nitrogens with zero attached hydrogens (tertiary/aromatic N) is 2. The highest BCUT2D eigenvalue weighted by atomic mass is 16.5. The average Bonchev–Trinajstić information content (AvgIpc) is 2.48. The highest BCUT2D eigenvalue weighted by Gasteiger charge is 2.09. The maximum atomic E-state index is 8.86. The smallest absolute Gasteiger partial charge is 0.219 e. The molecule has 1 atom stereocenters. The van der Waals surface area contributed by atoms with Crippen molar-refractivity contribution in [3.8, 4) is 23.4 Å². The molecule has 5 heteroatoms. The number of benzene rings is 1. The summed E-state index contributed by atoms with van der Waals surface area (Å²) in [5, 5.41) is 8.86. The monoisotopic (exact) mass is 269 g/mol. The van der Waals surface area contributed by atoms with Gasteiger partial charge in [0.1, 0.15) is 0 Å². The number of rotatable bonds is 4. The maximum Gasteiger partial charge on any atom is 0.219 e. The molecule has 1 aromatic heterocycles. The van der Waals surface area contributed by atoms with E-state index in [2.05, 4.69) is 4.98 Å². The van der Waals surface area contributed by atoms with Crippen LogP contribution < -0.4 is 15.2 Å². The molecule has 0 bridgehead atoms. The lowest BCUT2D eigenvalue weighted by Gasteiger charge is -2.11. The summed E-state index contributed by atoms with van der Waals surface area (Å²) >= 11 is 0. The van der Waals surface area contributed by atoms with Crippen molar-refractivity contribution in [1.82, 2.24) is 4.98 Å². The summed E-state index contributed by atoms with van der Waals surface area (Å²) in [6.45, 7) is 1.89. The Bertz CT molecular complexity index is 648. The first-order chi connectivity index (χ1) is 9.63. The summed E-state index contributed by atoms with van der Waals surface area (Å²) in [5.41, 5.74) is 7.26. The molecule has 1 aromatic carbocycles. The number of ether oxygens (including phenoxy) is 2. The minimum absolute atomic E-state index is 0.0942. The van der Waals surface area contributed by atoms with E-state index in [0.717, 1.165) is 5.56 Å². The second kappa shape index (κ2) is 6.04. The normalized spacial score (nSPS) is 11.5. The molecule has 0 fully saturated rings. The summed E-state index contributed by atoms with van der Waals surface area (Å²) in [6, 6.07) is 10.5. The van der Waals surface area contributed by atoms with Crippen LogP contribution in [0, 0.1) is 11.3 Å². The van der Waals surface area contributed by atoms with Crippen LogP contribution in [-0.2, 0) is 0 Å². The fourth-order valence-electron chi connectivity index (χ4n) is 1.70. The van der Waals surface area contributed by atoms with Crippen molar-refractivity contribution >= 4 is 0 Å². The lowest BCUT2D eigenvalue weighted by molar-refractivity contribution is 0.374. The molecule has 20 heavy (non-hydrogen) atoms. The molecule has 1 unspecified atom stereocenters. The largest absolute Gasteiger partial charge is 0.493 e. The summed E-state index contributed by atoms with van der Waals surface area (Å²) in [5.74, 6) is 1.42. The van der Waals surface area contributed by atoms with Gasteiger partial charge >= 0.3 is 0 Å². The van der Waals surface area contributed by atoms with Crippen LogP contribution in [0.4, 0.5) is 0 Å². The third-order valence-corrected chi connectivity index (χ3v) is 2.79. The van der Waals surface area contributed by atoms with Gasteiger partial charge in [-0.15, -0.1) is 0 Å². The van der Waals surface area contributed by atoms with Crippen LogP contribution in [0.5, 0.6) is 17.4 Å². The minimum Gasteiger partial charge on any atom is -0.493 e. The number of nitriles is 1. The zero-order valence-corrected chi connectivity index (χ0v) is 11.3. The second-order valence-electron chi connectivity index (χ2n) is 4.30. The van der Waals surface area contributed by atoms with Gasteiger partial charge in [0.2, 0.25) is 5.88 Å². The van der Waals surface area contributed by atoms with Crippen molar-refractivity contribution in [2.45, 2.75) is 13.0 Å². The Hall–Kier alpha value is -2.58. The molecule has 0 aliphatic heterocycles. The molecule has 0 saturated carbocycles. The number of hydrogen-bond acceptors (Lipinski definition) is 5. The van der Waals surface area contributed by atoms with E-state index in [-0.39, 0.29) is 6.04 Å². The quantitative estimate of drug-likeness (QED) is 0.923. The van der Waals surface area contributed by atoms with Crippen molar-refractivity contribution < 1.29 is 9.47 Å². The highest BCUT2D eigenvalue weighted by Crippen LogP contribution is 2.31. The van der Waals surface area contributed by atoms with Gasteiger partial charge in [-0.25, -0.2) is 4.98 Å². The third kappa shape index (κ3) is 3.05. The first-order valence-corrected chi connectivity index (χ1v) is 6.11. The molecule has 2 aromatic rings. The SMILES string of the molecule is COc1cc(C#N)ccc1Oc1cc(C(C)N)ccn1. The van der Waals surface area contributed by atoms with Crippen LogP contribution in [-0.4, -0.2) is 12.1 Å². The Morgan fingerprint density at radius 3 is 2.70 bits per heavy atom. The maximum absolute atomic E-state index is 8.86. The Morgan fingerprint density at radius 1 is 1.25 bits per heavy atom.